The molecular formula is C17H19Cl2N. The highest BCUT2D eigenvalue weighted by Crippen LogP contribution is 2.21. The fourth-order valence-electron chi connectivity index (χ4n) is 2.03. The van der Waals surface area contributed by atoms with Gasteiger partial charge in [-0.25, -0.2) is 0 Å². The highest BCUT2D eigenvalue weighted by molar-refractivity contribution is 6.35. The molecule has 0 saturated carbocycles. The van der Waals surface area contributed by atoms with Gasteiger partial charge >= 0.3 is 0 Å². The molecule has 0 spiro atoms. The predicted octanol–water partition coefficient (Wildman–Crippen LogP) is 5.41. The molecule has 2 rings (SSSR count). The first-order chi connectivity index (χ1) is 9.56. The largest absolute Gasteiger partial charge is 0.309 e. The monoisotopic (exact) mass is 307 g/mol. The lowest BCUT2D eigenvalue weighted by Crippen LogP contribution is -2.13. The van der Waals surface area contributed by atoms with Crippen LogP contribution < -0.4 is 5.32 Å². The van der Waals surface area contributed by atoms with Crippen molar-refractivity contribution in [3.63, 3.8) is 0 Å². The Labute approximate surface area is 130 Å². The maximum Gasteiger partial charge on any atom is 0.0465 e. The number of rotatable bonds is 5. The van der Waals surface area contributed by atoms with Crippen molar-refractivity contribution in [1.82, 2.24) is 5.32 Å². The molecule has 0 radical (unpaired) electrons. The van der Waals surface area contributed by atoms with Gasteiger partial charge in [0.1, 0.15) is 0 Å². The smallest absolute Gasteiger partial charge is 0.0465 e. The summed E-state index contributed by atoms with van der Waals surface area (Å²) < 4.78 is 0. The first-order valence-corrected chi connectivity index (χ1v) is 7.55. The van der Waals surface area contributed by atoms with Crippen molar-refractivity contribution in [1.29, 1.82) is 0 Å². The highest BCUT2D eigenvalue weighted by atomic mass is 35.5. The Balaban J connectivity index is 1.89. The Morgan fingerprint density at radius 1 is 0.950 bits per heavy atom. The van der Waals surface area contributed by atoms with Crippen molar-refractivity contribution < 1.29 is 0 Å². The van der Waals surface area contributed by atoms with Crippen LogP contribution in [-0.2, 0) is 13.1 Å². The molecule has 0 saturated heterocycles. The van der Waals surface area contributed by atoms with E-state index in [9.17, 15) is 0 Å². The Hall–Kier alpha value is -1.02. The van der Waals surface area contributed by atoms with E-state index in [1.54, 1.807) is 6.07 Å². The third kappa shape index (κ3) is 4.24. The van der Waals surface area contributed by atoms with Gasteiger partial charge in [-0.3, -0.25) is 0 Å². The second-order valence-corrected chi connectivity index (χ2v) is 6.08. The molecule has 0 aliphatic rings. The molecule has 106 valence electrons. The molecule has 0 amide bonds. The van der Waals surface area contributed by atoms with E-state index in [4.69, 9.17) is 23.2 Å². The van der Waals surface area contributed by atoms with Crippen molar-refractivity contribution in [3.8, 4) is 0 Å². The van der Waals surface area contributed by atoms with Gasteiger partial charge < -0.3 is 5.32 Å². The Bertz CT molecular complexity index is 562. The molecule has 0 heterocycles. The Kier molecular flexibility index (Phi) is 5.47. The minimum atomic E-state index is 0.574. The van der Waals surface area contributed by atoms with Gasteiger partial charge in [0.25, 0.3) is 0 Å². The van der Waals surface area contributed by atoms with Gasteiger partial charge in [-0.2, -0.15) is 0 Å². The van der Waals surface area contributed by atoms with E-state index in [0.717, 1.165) is 18.7 Å². The van der Waals surface area contributed by atoms with Crippen LogP contribution in [-0.4, -0.2) is 0 Å². The maximum absolute atomic E-state index is 6.14. The van der Waals surface area contributed by atoms with Crippen molar-refractivity contribution >= 4 is 23.2 Å². The van der Waals surface area contributed by atoms with Crippen LogP contribution in [0.4, 0.5) is 0 Å². The summed E-state index contributed by atoms with van der Waals surface area (Å²) in [5, 5.41) is 4.78. The van der Waals surface area contributed by atoms with Crippen LogP contribution in [0.25, 0.3) is 0 Å². The number of benzene rings is 2. The summed E-state index contributed by atoms with van der Waals surface area (Å²) in [6.07, 6.45) is 0. The molecule has 0 aromatic heterocycles. The summed E-state index contributed by atoms with van der Waals surface area (Å²) in [6.45, 7) is 5.98. The van der Waals surface area contributed by atoms with Crippen molar-refractivity contribution in [2.75, 3.05) is 0 Å². The topological polar surface area (TPSA) is 12.0 Å². The number of hydrogen-bond acceptors (Lipinski definition) is 1. The highest BCUT2D eigenvalue weighted by Gasteiger charge is 2.02. The summed E-state index contributed by atoms with van der Waals surface area (Å²) in [5.74, 6) is 0.574. The fraction of sp³-hybridized carbons (Fsp3) is 0.294. The number of nitrogens with one attached hydrogen (secondary N) is 1. The van der Waals surface area contributed by atoms with E-state index in [-0.39, 0.29) is 0 Å². The maximum atomic E-state index is 6.14. The summed E-state index contributed by atoms with van der Waals surface area (Å²) in [5.41, 5.74) is 3.71. The van der Waals surface area contributed by atoms with E-state index < -0.39 is 0 Å². The number of halogens is 2. The predicted molar refractivity (Wildman–Crippen MR) is 87.5 cm³/mol. The molecular weight excluding hydrogens is 289 g/mol. The lowest BCUT2D eigenvalue weighted by atomic mass is 10.0. The van der Waals surface area contributed by atoms with Crippen LogP contribution in [0.1, 0.15) is 36.5 Å². The molecule has 2 aromatic carbocycles. The first-order valence-electron chi connectivity index (χ1n) is 6.79. The molecule has 0 unspecified atom stereocenters. The Morgan fingerprint density at radius 2 is 1.65 bits per heavy atom. The van der Waals surface area contributed by atoms with Gasteiger partial charge in [-0.05, 0) is 34.7 Å². The average Bonchev–Trinajstić information content (AvgIpc) is 2.42. The second-order valence-electron chi connectivity index (χ2n) is 5.24. The average molecular weight is 308 g/mol. The van der Waals surface area contributed by atoms with Crippen LogP contribution in [0.5, 0.6) is 0 Å². The van der Waals surface area contributed by atoms with Crippen LogP contribution in [0.2, 0.25) is 10.0 Å². The summed E-state index contributed by atoms with van der Waals surface area (Å²) >= 11 is 12.0. The molecule has 2 aromatic rings. The first kappa shape index (κ1) is 15.4. The van der Waals surface area contributed by atoms with Gasteiger partial charge in [0.05, 0.1) is 0 Å². The second kappa shape index (κ2) is 7.12. The SMILES string of the molecule is CC(C)c1ccc(CNCc2ccc(Cl)cc2Cl)cc1. The summed E-state index contributed by atoms with van der Waals surface area (Å²) in [7, 11) is 0. The quantitative estimate of drug-likeness (QED) is 0.779. The zero-order valence-corrected chi connectivity index (χ0v) is 13.3. The lowest BCUT2D eigenvalue weighted by molar-refractivity contribution is 0.693. The normalized spacial score (nSPS) is 11.1. The van der Waals surface area contributed by atoms with Crippen molar-refractivity contribution in [3.05, 3.63) is 69.2 Å². The minimum Gasteiger partial charge on any atom is -0.309 e. The molecule has 0 atom stereocenters. The van der Waals surface area contributed by atoms with E-state index in [1.165, 1.54) is 11.1 Å². The molecule has 1 N–H and O–H groups in total. The Morgan fingerprint density at radius 3 is 2.25 bits per heavy atom. The standard InChI is InChI=1S/C17H19Cl2N/c1-12(2)14-5-3-13(4-6-14)10-20-11-15-7-8-16(18)9-17(15)19/h3-9,12,20H,10-11H2,1-2H3. The van der Waals surface area contributed by atoms with E-state index in [2.05, 4.69) is 43.4 Å². The fourth-order valence-corrected chi connectivity index (χ4v) is 2.50. The molecule has 1 nitrogen and oxygen atoms in total. The van der Waals surface area contributed by atoms with Gasteiger partial charge in [-0.1, -0.05) is 67.4 Å². The zero-order chi connectivity index (χ0) is 14.5. The lowest BCUT2D eigenvalue weighted by Gasteiger charge is -2.09. The molecule has 0 bridgehead atoms. The third-order valence-corrected chi connectivity index (χ3v) is 3.89. The zero-order valence-electron chi connectivity index (χ0n) is 11.8. The van der Waals surface area contributed by atoms with Crippen LogP contribution in [0.3, 0.4) is 0 Å². The van der Waals surface area contributed by atoms with Crippen molar-refractivity contribution in [2.45, 2.75) is 32.9 Å². The third-order valence-electron chi connectivity index (χ3n) is 3.31. The number of hydrogen-bond donors (Lipinski definition) is 1. The van der Waals surface area contributed by atoms with Gasteiger partial charge in [0, 0.05) is 23.1 Å². The molecule has 3 heteroatoms. The van der Waals surface area contributed by atoms with Gasteiger partial charge in [0.2, 0.25) is 0 Å². The molecule has 0 fully saturated rings. The molecule has 20 heavy (non-hydrogen) atoms. The summed E-state index contributed by atoms with van der Waals surface area (Å²) in [4.78, 5) is 0. The summed E-state index contributed by atoms with van der Waals surface area (Å²) in [6, 6.07) is 14.3. The molecule has 0 aliphatic heterocycles. The molecule has 0 aliphatic carbocycles. The van der Waals surface area contributed by atoms with Gasteiger partial charge in [-0.15, -0.1) is 0 Å². The van der Waals surface area contributed by atoms with Crippen LogP contribution >= 0.6 is 23.2 Å². The van der Waals surface area contributed by atoms with E-state index in [0.29, 0.717) is 16.0 Å². The minimum absolute atomic E-state index is 0.574. The van der Waals surface area contributed by atoms with Crippen LogP contribution in [0, 0.1) is 0 Å². The van der Waals surface area contributed by atoms with Crippen LogP contribution in [0.15, 0.2) is 42.5 Å². The van der Waals surface area contributed by atoms with Crippen molar-refractivity contribution in [2.24, 2.45) is 0 Å². The van der Waals surface area contributed by atoms with Gasteiger partial charge in [0.15, 0.2) is 0 Å². The van der Waals surface area contributed by atoms with E-state index >= 15 is 0 Å². The van der Waals surface area contributed by atoms with E-state index in [1.807, 2.05) is 12.1 Å².